The molecule has 1 unspecified atom stereocenters. The standard InChI is InChI=1S/C24H39N5O.HI/c1-3-25-23(27-21-11-18-30-22-10-6-5-9-20(21)22)26-19-24(12-16-28(2)17-13-24)29-14-7-4-8-15-29;/h5-6,9-10,21H,3-4,7-8,11-19H2,1-2H3,(H2,25,26,27);1H. The van der Waals surface area contributed by atoms with Crippen LogP contribution in [0.25, 0.3) is 0 Å². The van der Waals surface area contributed by atoms with Gasteiger partial charge < -0.3 is 20.3 Å². The molecule has 4 rings (SSSR count). The van der Waals surface area contributed by atoms with Crippen LogP contribution in [-0.2, 0) is 0 Å². The Balaban J connectivity index is 0.00000272. The Morgan fingerprint density at radius 2 is 1.87 bits per heavy atom. The van der Waals surface area contributed by atoms with E-state index in [1.165, 1.54) is 63.8 Å². The van der Waals surface area contributed by atoms with Gasteiger partial charge in [0.25, 0.3) is 0 Å². The molecular weight excluding hydrogens is 501 g/mol. The van der Waals surface area contributed by atoms with Gasteiger partial charge in [0.05, 0.1) is 19.2 Å². The summed E-state index contributed by atoms with van der Waals surface area (Å²) < 4.78 is 5.84. The molecule has 0 spiro atoms. The topological polar surface area (TPSA) is 52.1 Å². The lowest BCUT2D eigenvalue weighted by Gasteiger charge is -2.49. The summed E-state index contributed by atoms with van der Waals surface area (Å²) in [6.45, 7) is 9.44. The minimum absolute atomic E-state index is 0. The number of rotatable bonds is 5. The van der Waals surface area contributed by atoms with Crippen molar-refractivity contribution in [2.24, 2.45) is 4.99 Å². The van der Waals surface area contributed by atoms with Crippen LogP contribution in [0.4, 0.5) is 0 Å². The first-order valence-corrected chi connectivity index (χ1v) is 11.9. The number of halogens is 1. The zero-order valence-corrected chi connectivity index (χ0v) is 21.6. The van der Waals surface area contributed by atoms with E-state index in [2.05, 4.69) is 52.6 Å². The summed E-state index contributed by atoms with van der Waals surface area (Å²) in [5, 5.41) is 7.21. The summed E-state index contributed by atoms with van der Waals surface area (Å²) in [5.74, 6) is 1.94. The molecule has 3 heterocycles. The quantitative estimate of drug-likeness (QED) is 0.339. The molecule has 1 atom stereocenters. The molecule has 0 amide bonds. The van der Waals surface area contributed by atoms with E-state index in [9.17, 15) is 0 Å². The van der Waals surface area contributed by atoms with Gasteiger partial charge in [-0.15, -0.1) is 24.0 Å². The number of likely N-dealkylation sites (tertiary alicyclic amines) is 2. The van der Waals surface area contributed by atoms with Crippen LogP contribution in [0.2, 0.25) is 0 Å². The molecular formula is C24H40IN5O. The van der Waals surface area contributed by atoms with Gasteiger partial charge in [-0.1, -0.05) is 24.6 Å². The van der Waals surface area contributed by atoms with Gasteiger partial charge in [0.2, 0.25) is 0 Å². The summed E-state index contributed by atoms with van der Waals surface area (Å²) in [6, 6.07) is 8.62. The van der Waals surface area contributed by atoms with E-state index in [1.807, 2.05) is 6.07 Å². The summed E-state index contributed by atoms with van der Waals surface area (Å²) in [7, 11) is 2.25. The van der Waals surface area contributed by atoms with Crippen LogP contribution in [0.3, 0.4) is 0 Å². The Kier molecular flexibility index (Phi) is 9.28. The second-order valence-corrected chi connectivity index (χ2v) is 9.14. The maximum Gasteiger partial charge on any atom is 0.191 e. The number of hydrogen-bond donors (Lipinski definition) is 2. The highest BCUT2D eigenvalue weighted by atomic mass is 127. The van der Waals surface area contributed by atoms with Crippen LogP contribution in [0.1, 0.15) is 57.1 Å². The van der Waals surface area contributed by atoms with Crippen molar-refractivity contribution in [1.29, 1.82) is 0 Å². The average Bonchev–Trinajstić information content (AvgIpc) is 2.80. The Morgan fingerprint density at radius 1 is 1.13 bits per heavy atom. The highest BCUT2D eigenvalue weighted by molar-refractivity contribution is 14.0. The zero-order valence-electron chi connectivity index (χ0n) is 19.2. The number of fused-ring (bicyclic) bond motifs is 1. The van der Waals surface area contributed by atoms with E-state index in [1.54, 1.807) is 0 Å². The molecule has 3 aliphatic heterocycles. The molecule has 0 bridgehead atoms. The fourth-order valence-corrected chi connectivity index (χ4v) is 5.18. The van der Waals surface area contributed by atoms with Gasteiger partial charge in [-0.2, -0.15) is 0 Å². The van der Waals surface area contributed by atoms with Crippen molar-refractivity contribution in [1.82, 2.24) is 20.4 Å². The highest BCUT2D eigenvalue weighted by Crippen LogP contribution is 2.33. The van der Waals surface area contributed by atoms with E-state index < -0.39 is 0 Å². The highest BCUT2D eigenvalue weighted by Gasteiger charge is 2.39. The molecule has 3 aliphatic rings. The van der Waals surface area contributed by atoms with E-state index in [0.717, 1.165) is 37.8 Å². The molecule has 0 saturated carbocycles. The number of nitrogens with one attached hydrogen (secondary N) is 2. The first-order valence-electron chi connectivity index (χ1n) is 11.9. The fourth-order valence-electron chi connectivity index (χ4n) is 5.18. The molecule has 2 saturated heterocycles. The summed E-state index contributed by atoms with van der Waals surface area (Å²) in [6.07, 6.45) is 7.43. The summed E-state index contributed by atoms with van der Waals surface area (Å²) in [5.41, 5.74) is 1.45. The molecule has 31 heavy (non-hydrogen) atoms. The van der Waals surface area contributed by atoms with E-state index in [-0.39, 0.29) is 35.6 Å². The van der Waals surface area contributed by atoms with Crippen LogP contribution in [0.5, 0.6) is 5.75 Å². The van der Waals surface area contributed by atoms with Gasteiger partial charge in [-0.3, -0.25) is 9.89 Å². The van der Waals surface area contributed by atoms with E-state index in [4.69, 9.17) is 9.73 Å². The zero-order chi connectivity index (χ0) is 20.8. The van der Waals surface area contributed by atoms with E-state index >= 15 is 0 Å². The molecule has 2 N–H and O–H groups in total. The second-order valence-electron chi connectivity index (χ2n) is 9.14. The molecule has 6 nitrogen and oxygen atoms in total. The predicted octanol–water partition coefficient (Wildman–Crippen LogP) is 3.63. The van der Waals surface area contributed by atoms with Gasteiger partial charge in [-0.25, -0.2) is 0 Å². The fraction of sp³-hybridized carbons (Fsp3) is 0.708. The van der Waals surface area contributed by atoms with Gasteiger partial charge in [0, 0.05) is 24.1 Å². The molecule has 1 aromatic carbocycles. The van der Waals surface area contributed by atoms with Crippen molar-refractivity contribution in [2.75, 3.05) is 52.9 Å². The largest absolute Gasteiger partial charge is 0.493 e. The SMILES string of the molecule is CCNC(=NCC1(N2CCCCC2)CCN(C)CC1)NC1CCOc2ccccc21.I. The second kappa shape index (κ2) is 11.7. The number of guanidine groups is 1. The van der Waals surface area contributed by atoms with E-state index in [0.29, 0.717) is 0 Å². The van der Waals surface area contributed by atoms with Crippen molar-refractivity contribution >= 4 is 29.9 Å². The number of ether oxygens (including phenoxy) is 1. The third kappa shape index (κ3) is 6.05. The van der Waals surface area contributed by atoms with Gasteiger partial charge >= 0.3 is 0 Å². The third-order valence-electron chi connectivity index (χ3n) is 7.09. The minimum Gasteiger partial charge on any atom is -0.493 e. The van der Waals surface area contributed by atoms with Crippen molar-refractivity contribution in [3.63, 3.8) is 0 Å². The van der Waals surface area contributed by atoms with Crippen LogP contribution in [0.15, 0.2) is 29.3 Å². The summed E-state index contributed by atoms with van der Waals surface area (Å²) >= 11 is 0. The third-order valence-corrected chi connectivity index (χ3v) is 7.09. The molecule has 2 fully saturated rings. The lowest BCUT2D eigenvalue weighted by atomic mass is 9.84. The van der Waals surface area contributed by atoms with Crippen LogP contribution in [-0.4, -0.2) is 74.2 Å². The lowest BCUT2D eigenvalue weighted by molar-refractivity contribution is 0.0208. The van der Waals surface area contributed by atoms with Crippen molar-refractivity contribution in [3.8, 4) is 5.75 Å². The van der Waals surface area contributed by atoms with Crippen molar-refractivity contribution in [3.05, 3.63) is 29.8 Å². The number of benzene rings is 1. The molecule has 0 radical (unpaired) electrons. The number of hydrogen-bond acceptors (Lipinski definition) is 4. The number of nitrogens with zero attached hydrogens (tertiary/aromatic N) is 3. The normalized spacial score (nSPS) is 24.5. The molecule has 174 valence electrons. The number of aliphatic imine (C=N–C) groups is 1. The average molecular weight is 542 g/mol. The Hall–Kier alpha value is -1.06. The first-order chi connectivity index (χ1) is 14.7. The predicted molar refractivity (Wildman–Crippen MR) is 139 cm³/mol. The van der Waals surface area contributed by atoms with Crippen molar-refractivity contribution in [2.45, 2.75) is 57.0 Å². The maximum absolute atomic E-state index is 5.84. The Labute approximate surface area is 205 Å². The Bertz CT molecular complexity index is 714. The summed E-state index contributed by atoms with van der Waals surface area (Å²) in [4.78, 5) is 10.4. The van der Waals surface area contributed by atoms with Crippen LogP contribution >= 0.6 is 24.0 Å². The Morgan fingerprint density at radius 3 is 2.61 bits per heavy atom. The molecule has 0 aromatic heterocycles. The molecule has 7 heteroatoms. The van der Waals surface area contributed by atoms with Crippen LogP contribution < -0.4 is 15.4 Å². The monoisotopic (exact) mass is 541 g/mol. The van der Waals surface area contributed by atoms with Gasteiger partial charge in [0.1, 0.15) is 5.75 Å². The maximum atomic E-state index is 5.84. The molecule has 1 aromatic rings. The van der Waals surface area contributed by atoms with Crippen LogP contribution in [0, 0.1) is 0 Å². The number of para-hydroxylation sites is 1. The minimum atomic E-state index is 0. The molecule has 0 aliphatic carbocycles. The van der Waals surface area contributed by atoms with Gasteiger partial charge in [-0.05, 0) is 71.9 Å². The first kappa shape index (κ1) is 24.6. The lowest BCUT2D eigenvalue weighted by Crippen LogP contribution is -2.58. The smallest absolute Gasteiger partial charge is 0.191 e. The van der Waals surface area contributed by atoms with Crippen molar-refractivity contribution < 1.29 is 4.74 Å². The van der Waals surface area contributed by atoms with Gasteiger partial charge in [0.15, 0.2) is 5.96 Å². The number of piperidine rings is 2.